The number of aryl methyl sites for hydroxylation is 2. The number of nitrogens with zero attached hydrogens (tertiary/aromatic N) is 6. The van der Waals surface area contributed by atoms with Gasteiger partial charge in [0.05, 0.1) is 11.4 Å². The maximum absolute atomic E-state index is 11.9. The number of hydrogen-bond donors (Lipinski definition) is 0. The van der Waals surface area contributed by atoms with E-state index in [1.54, 1.807) is 29.7 Å². The van der Waals surface area contributed by atoms with Gasteiger partial charge in [-0.25, -0.2) is 23.4 Å². The predicted molar refractivity (Wildman–Crippen MR) is 143 cm³/mol. The van der Waals surface area contributed by atoms with E-state index in [2.05, 4.69) is 19.9 Å². The average molecular weight is 531 g/mol. The zero-order chi connectivity index (χ0) is 26.9. The van der Waals surface area contributed by atoms with Crippen molar-refractivity contribution in [3.63, 3.8) is 0 Å². The number of hydrogen-bond acceptors (Lipinski definition) is 9. The van der Waals surface area contributed by atoms with Crippen molar-refractivity contribution in [1.29, 1.82) is 0 Å². The van der Waals surface area contributed by atoms with Gasteiger partial charge in [0.15, 0.2) is 5.16 Å². The molecule has 0 aliphatic rings. The predicted octanol–water partition coefficient (Wildman–Crippen LogP) is 3.49. The number of rotatable bonds is 4. The minimum absolute atomic E-state index is 0.0161. The number of fused-ring (bicyclic) bond motifs is 2. The summed E-state index contributed by atoms with van der Waals surface area (Å²) in [5.74, 6) is 0. The first-order chi connectivity index (χ1) is 16.8. The fraction of sp³-hybridized carbons (Fsp3) is 0.417. The van der Waals surface area contributed by atoms with Gasteiger partial charge in [-0.15, -0.1) is 0 Å². The fourth-order valence-corrected chi connectivity index (χ4v) is 4.74. The largest absolute Gasteiger partial charge is 0.290 e. The topological polar surface area (TPSA) is 130 Å². The van der Waals surface area contributed by atoms with Gasteiger partial charge in [-0.05, 0) is 59.9 Å². The number of sulfone groups is 1. The van der Waals surface area contributed by atoms with Crippen molar-refractivity contribution in [3.8, 4) is 0 Å². The van der Waals surface area contributed by atoms with Crippen LogP contribution >= 0.6 is 11.8 Å². The van der Waals surface area contributed by atoms with E-state index in [1.165, 1.54) is 22.4 Å². The zero-order valence-electron chi connectivity index (χ0n) is 21.6. The Morgan fingerprint density at radius 3 is 1.61 bits per heavy atom. The maximum atomic E-state index is 11.9. The molecule has 0 atom stereocenters. The van der Waals surface area contributed by atoms with Crippen LogP contribution in [0.4, 0.5) is 0 Å². The molecule has 0 amide bonds. The van der Waals surface area contributed by atoms with Crippen LogP contribution in [0.3, 0.4) is 0 Å². The lowest BCUT2D eigenvalue weighted by Crippen LogP contribution is -2.23. The molecule has 4 rings (SSSR count). The van der Waals surface area contributed by atoms with E-state index in [-0.39, 0.29) is 28.4 Å². The van der Waals surface area contributed by atoms with E-state index >= 15 is 0 Å². The molecule has 0 bridgehead atoms. The quantitative estimate of drug-likeness (QED) is 0.287. The lowest BCUT2D eigenvalue weighted by Gasteiger charge is -2.14. The van der Waals surface area contributed by atoms with Crippen LogP contribution in [0.1, 0.15) is 51.2 Å². The Morgan fingerprint density at radius 2 is 1.19 bits per heavy atom. The van der Waals surface area contributed by atoms with Gasteiger partial charge in [-0.2, -0.15) is 4.98 Å². The highest BCUT2D eigenvalue weighted by atomic mass is 32.2. The smallest absolute Gasteiger partial charge is 0.252 e. The van der Waals surface area contributed by atoms with Crippen molar-refractivity contribution >= 4 is 43.7 Å². The molecule has 12 heteroatoms. The van der Waals surface area contributed by atoms with Gasteiger partial charge in [0.1, 0.15) is 11.3 Å². The lowest BCUT2D eigenvalue weighted by molar-refractivity contribution is 0.581. The van der Waals surface area contributed by atoms with Gasteiger partial charge < -0.3 is 0 Å². The number of thioether (sulfide) groups is 1. The summed E-state index contributed by atoms with van der Waals surface area (Å²) in [4.78, 5) is 40.7. The second-order valence-corrected chi connectivity index (χ2v) is 11.6. The van der Waals surface area contributed by atoms with Gasteiger partial charge in [0.2, 0.25) is 15.0 Å². The third kappa shape index (κ3) is 5.49. The van der Waals surface area contributed by atoms with E-state index in [0.29, 0.717) is 21.9 Å². The molecule has 0 aromatic carbocycles. The Kier molecular flexibility index (Phi) is 7.99. The summed E-state index contributed by atoms with van der Waals surface area (Å²) in [5, 5.41) is 2.07. The van der Waals surface area contributed by atoms with Crippen LogP contribution in [0.15, 0.2) is 44.2 Å². The van der Waals surface area contributed by atoms with Gasteiger partial charge >= 0.3 is 0 Å². The van der Waals surface area contributed by atoms with E-state index in [4.69, 9.17) is 0 Å². The Balaban J connectivity index is 0.000000202. The van der Waals surface area contributed by atoms with E-state index in [9.17, 15) is 18.0 Å². The SMILES string of the molecule is CSc1nc(C)c2ccc(=O)n(C(C)C)c2n1.Cc1nc(S(C)(=O)=O)nc2c1ccc(=O)n2C(C)C. The molecule has 0 radical (unpaired) electrons. The number of pyridine rings is 2. The monoisotopic (exact) mass is 530 g/mol. The molecule has 4 aromatic rings. The molecule has 192 valence electrons. The molecule has 0 saturated heterocycles. The molecule has 0 spiro atoms. The number of aromatic nitrogens is 6. The molecule has 4 aromatic heterocycles. The van der Waals surface area contributed by atoms with Gasteiger partial charge in [-0.3, -0.25) is 18.7 Å². The van der Waals surface area contributed by atoms with Crippen LogP contribution in [0, 0.1) is 13.8 Å². The molecule has 0 N–H and O–H groups in total. The first kappa shape index (κ1) is 27.5. The van der Waals surface area contributed by atoms with Crippen LogP contribution in [-0.4, -0.2) is 50.0 Å². The molecule has 0 saturated carbocycles. The Labute approximate surface area is 213 Å². The first-order valence-electron chi connectivity index (χ1n) is 11.3. The standard InChI is InChI=1S/C12H15N3O3S.C12H15N3OS/c1-7(2)15-10(16)6-5-9-8(3)13-12(14-11(9)15)19(4,17)18;1-7(2)15-10(16)6-5-9-8(3)13-12(17-4)14-11(9)15/h5-7H,1-4H3;5-7H,1-4H3. The van der Waals surface area contributed by atoms with Crippen LogP contribution in [-0.2, 0) is 9.84 Å². The fourth-order valence-electron chi connectivity index (χ4n) is 3.77. The average Bonchev–Trinajstić information content (AvgIpc) is 2.77. The van der Waals surface area contributed by atoms with Crippen LogP contribution in [0.25, 0.3) is 22.1 Å². The second-order valence-electron chi connectivity index (χ2n) is 8.90. The molecular weight excluding hydrogens is 500 g/mol. The molecule has 10 nitrogen and oxygen atoms in total. The first-order valence-corrected chi connectivity index (χ1v) is 14.4. The van der Waals surface area contributed by atoms with Crippen molar-refractivity contribution < 1.29 is 8.42 Å². The van der Waals surface area contributed by atoms with Crippen LogP contribution in [0.2, 0.25) is 0 Å². The molecule has 36 heavy (non-hydrogen) atoms. The summed E-state index contributed by atoms with van der Waals surface area (Å²) in [5.41, 5.74) is 2.31. The van der Waals surface area contributed by atoms with Gasteiger partial charge in [0.25, 0.3) is 11.1 Å². The van der Waals surface area contributed by atoms with Crippen molar-refractivity contribution in [3.05, 3.63) is 56.4 Å². The summed E-state index contributed by atoms with van der Waals surface area (Å²) in [6.07, 6.45) is 2.98. The van der Waals surface area contributed by atoms with Crippen LogP contribution in [0.5, 0.6) is 0 Å². The van der Waals surface area contributed by atoms with Crippen molar-refractivity contribution in [1.82, 2.24) is 29.1 Å². The third-order valence-corrected chi connectivity index (χ3v) is 6.85. The summed E-state index contributed by atoms with van der Waals surface area (Å²) in [6.45, 7) is 11.3. The second kappa shape index (κ2) is 10.5. The van der Waals surface area contributed by atoms with E-state index in [0.717, 1.165) is 23.0 Å². The third-order valence-electron chi connectivity index (χ3n) is 5.45. The molecule has 0 aliphatic carbocycles. The van der Waals surface area contributed by atoms with Gasteiger partial charge in [0, 0.05) is 41.2 Å². The van der Waals surface area contributed by atoms with Crippen molar-refractivity contribution in [2.45, 2.75) is 63.9 Å². The molecular formula is C24H30N6O4S2. The Morgan fingerprint density at radius 1 is 0.750 bits per heavy atom. The summed E-state index contributed by atoms with van der Waals surface area (Å²) in [7, 11) is -3.51. The lowest BCUT2D eigenvalue weighted by atomic mass is 10.2. The highest BCUT2D eigenvalue weighted by Gasteiger charge is 2.17. The summed E-state index contributed by atoms with van der Waals surface area (Å²) in [6, 6.07) is 6.43. The van der Waals surface area contributed by atoms with Crippen molar-refractivity contribution in [2.75, 3.05) is 12.5 Å². The maximum Gasteiger partial charge on any atom is 0.252 e. The normalized spacial score (nSPS) is 11.8. The Hall–Kier alpha value is -3.12. The summed E-state index contributed by atoms with van der Waals surface area (Å²) >= 11 is 1.49. The minimum atomic E-state index is -3.51. The molecule has 0 fully saturated rings. The highest BCUT2D eigenvalue weighted by molar-refractivity contribution is 7.98. The molecule has 0 unspecified atom stereocenters. The molecule has 4 heterocycles. The van der Waals surface area contributed by atoms with Gasteiger partial charge in [-0.1, -0.05) is 11.8 Å². The minimum Gasteiger partial charge on any atom is -0.290 e. The summed E-state index contributed by atoms with van der Waals surface area (Å²) < 4.78 is 26.3. The van der Waals surface area contributed by atoms with Crippen molar-refractivity contribution in [2.24, 2.45) is 0 Å². The van der Waals surface area contributed by atoms with Crippen LogP contribution < -0.4 is 11.1 Å². The van der Waals surface area contributed by atoms with E-state index in [1.807, 2.05) is 40.9 Å². The Bertz CT molecular complexity index is 1670. The van der Waals surface area contributed by atoms with E-state index < -0.39 is 9.84 Å². The highest BCUT2D eigenvalue weighted by Crippen LogP contribution is 2.20. The molecule has 0 aliphatic heterocycles. The zero-order valence-corrected chi connectivity index (χ0v) is 23.2.